The predicted octanol–water partition coefficient (Wildman–Crippen LogP) is 2.05. The van der Waals surface area contributed by atoms with Gasteiger partial charge in [-0.25, -0.2) is 0 Å². The van der Waals surface area contributed by atoms with Gasteiger partial charge in [0, 0.05) is 26.8 Å². The molecule has 0 aliphatic heterocycles. The van der Waals surface area contributed by atoms with Crippen LogP contribution in [-0.4, -0.2) is 45.9 Å². The molecule has 0 aliphatic rings. The fourth-order valence-electron chi connectivity index (χ4n) is 1.76. The maximum absolute atomic E-state index is 5.61. The summed E-state index contributed by atoms with van der Waals surface area (Å²) in [5.41, 5.74) is 0. The van der Waals surface area contributed by atoms with Gasteiger partial charge in [-0.2, -0.15) is 0 Å². The van der Waals surface area contributed by atoms with Crippen molar-refractivity contribution in [1.82, 2.24) is 10.6 Å². The molecule has 0 fully saturated rings. The van der Waals surface area contributed by atoms with Crippen molar-refractivity contribution >= 4 is 5.96 Å². The van der Waals surface area contributed by atoms with Crippen molar-refractivity contribution in [2.75, 3.05) is 40.0 Å². The lowest BCUT2D eigenvalue weighted by atomic mass is 10.3. The van der Waals surface area contributed by atoms with Gasteiger partial charge in [0.15, 0.2) is 5.96 Å². The van der Waals surface area contributed by atoms with Crippen molar-refractivity contribution in [3.05, 3.63) is 30.3 Å². The molecule has 0 heterocycles. The van der Waals surface area contributed by atoms with Crippen molar-refractivity contribution < 1.29 is 9.47 Å². The van der Waals surface area contributed by atoms with Gasteiger partial charge in [-0.3, -0.25) is 4.99 Å². The number of aliphatic imine (C=N–C) groups is 1. The molecule has 0 bridgehead atoms. The molecular weight excluding hydrogens is 266 g/mol. The van der Waals surface area contributed by atoms with E-state index in [4.69, 9.17) is 9.47 Å². The summed E-state index contributed by atoms with van der Waals surface area (Å²) in [6.07, 6.45) is 2.14. The Balaban J connectivity index is 2.03. The molecule has 1 aromatic rings. The molecule has 2 N–H and O–H groups in total. The largest absolute Gasteiger partial charge is 0.492 e. The highest BCUT2D eigenvalue weighted by Gasteiger charge is 1.97. The summed E-state index contributed by atoms with van der Waals surface area (Å²) in [5.74, 6) is 1.70. The summed E-state index contributed by atoms with van der Waals surface area (Å²) >= 11 is 0. The molecule has 1 aromatic carbocycles. The standard InChI is InChI=1S/C16H27N3O2/c1-3-20-13-8-7-11-18-16(17-2)19-12-14-21-15-9-5-4-6-10-15/h4-6,9-10H,3,7-8,11-14H2,1-2H3,(H2,17,18,19). The maximum Gasteiger partial charge on any atom is 0.191 e. The second-order valence-corrected chi connectivity index (χ2v) is 4.49. The molecule has 0 saturated carbocycles. The molecule has 0 unspecified atom stereocenters. The average molecular weight is 293 g/mol. The minimum Gasteiger partial charge on any atom is -0.492 e. The van der Waals surface area contributed by atoms with Crippen molar-refractivity contribution in [3.63, 3.8) is 0 Å². The van der Waals surface area contributed by atoms with Crippen LogP contribution in [0.5, 0.6) is 5.75 Å². The smallest absolute Gasteiger partial charge is 0.191 e. The Morgan fingerprint density at radius 1 is 1.05 bits per heavy atom. The first-order valence-electron chi connectivity index (χ1n) is 7.57. The van der Waals surface area contributed by atoms with Crippen molar-refractivity contribution in [2.45, 2.75) is 19.8 Å². The molecule has 21 heavy (non-hydrogen) atoms. The number of ether oxygens (including phenoxy) is 2. The Morgan fingerprint density at radius 3 is 2.52 bits per heavy atom. The van der Waals surface area contributed by atoms with Crippen LogP contribution in [0.4, 0.5) is 0 Å². The minimum atomic E-state index is 0.606. The molecule has 0 amide bonds. The SMILES string of the molecule is CCOCCCCNC(=NC)NCCOc1ccccc1. The topological polar surface area (TPSA) is 54.9 Å². The lowest BCUT2D eigenvalue weighted by molar-refractivity contribution is 0.143. The number of hydrogen-bond acceptors (Lipinski definition) is 3. The first-order valence-corrected chi connectivity index (χ1v) is 7.57. The first kappa shape index (κ1) is 17.3. The quantitative estimate of drug-likeness (QED) is 0.394. The van der Waals surface area contributed by atoms with E-state index in [0.29, 0.717) is 13.2 Å². The second kappa shape index (κ2) is 12.0. The van der Waals surface area contributed by atoms with Crippen molar-refractivity contribution in [2.24, 2.45) is 4.99 Å². The summed E-state index contributed by atoms with van der Waals surface area (Å²) in [7, 11) is 1.77. The van der Waals surface area contributed by atoms with E-state index >= 15 is 0 Å². The van der Waals surface area contributed by atoms with E-state index in [2.05, 4.69) is 15.6 Å². The van der Waals surface area contributed by atoms with Crippen LogP contribution in [0.3, 0.4) is 0 Å². The molecule has 0 atom stereocenters. The zero-order chi connectivity index (χ0) is 15.2. The van der Waals surface area contributed by atoms with E-state index in [-0.39, 0.29) is 0 Å². The minimum absolute atomic E-state index is 0.606. The van der Waals surface area contributed by atoms with Gasteiger partial charge in [0.2, 0.25) is 0 Å². The highest BCUT2D eigenvalue weighted by Crippen LogP contribution is 2.07. The number of nitrogens with one attached hydrogen (secondary N) is 2. The zero-order valence-electron chi connectivity index (χ0n) is 13.1. The predicted molar refractivity (Wildman–Crippen MR) is 87.0 cm³/mol. The van der Waals surface area contributed by atoms with Crippen LogP contribution in [-0.2, 0) is 4.74 Å². The Hall–Kier alpha value is -1.75. The molecule has 0 aromatic heterocycles. The number of nitrogens with zero attached hydrogens (tertiary/aromatic N) is 1. The molecule has 0 saturated heterocycles. The van der Waals surface area contributed by atoms with Gasteiger partial charge < -0.3 is 20.1 Å². The summed E-state index contributed by atoms with van der Waals surface area (Å²) in [5, 5.41) is 6.50. The fraction of sp³-hybridized carbons (Fsp3) is 0.562. The van der Waals surface area contributed by atoms with Gasteiger partial charge in [0.25, 0.3) is 0 Å². The van der Waals surface area contributed by atoms with Crippen LogP contribution < -0.4 is 15.4 Å². The third kappa shape index (κ3) is 8.92. The Kier molecular flexibility index (Phi) is 9.91. The van der Waals surface area contributed by atoms with Crippen LogP contribution in [0.1, 0.15) is 19.8 Å². The Morgan fingerprint density at radius 2 is 1.81 bits per heavy atom. The first-order chi connectivity index (χ1) is 10.4. The number of unbranched alkanes of at least 4 members (excludes halogenated alkanes) is 1. The van der Waals surface area contributed by atoms with E-state index in [1.165, 1.54) is 0 Å². The second-order valence-electron chi connectivity index (χ2n) is 4.49. The zero-order valence-corrected chi connectivity index (χ0v) is 13.1. The van der Waals surface area contributed by atoms with E-state index < -0.39 is 0 Å². The average Bonchev–Trinajstić information content (AvgIpc) is 2.53. The maximum atomic E-state index is 5.61. The lowest BCUT2D eigenvalue weighted by Gasteiger charge is -2.12. The number of rotatable bonds is 10. The van der Waals surface area contributed by atoms with Crippen LogP contribution in [0.2, 0.25) is 0 Å². The molecule has 0 radical (unpaired) electrons. The molecule has 1 rings (SSSR count). The van der Waals surface area contributed by atoms with Crippen LogP contribution in [0, 0.1) is 0 Å². The Bertz CT molecular complexity index is 382. The van der Waals surface area contributed by atoms with Crippen molar-refractivity contribution in [3.8, 4) is 5.75 Å². The van der Waals surface area contributed by atoms with Crippen LogP contribution >= 0.6 is 0 Å². The van der Waals surface area contributed by atoms with E-state index in [1.54, 1.807) is 7.05 Å². The highest BCUT2D eigenvalue weighted by molar-refractivity contribution is 5.79. The summed E-state index contributed by atoms with van der Waals surface area (Å²) in [4.78, 5) is 4.17. The van der Waals surface area contributed by atoms with E-state index in [1.807, 2.05) is 37.3 Å². The van der Waals surface area contributed by atoms with Gasteiger partial charge in [-0.05, 0) is 31.9 Å². The van der Waals surface area contributed by atoms with Crippen molar-refractivity contribution in [1.29, 1.82) is 0 Å². The molecule has 118 valence electrons. The third-order valence-corrected chi connectivity index (χ3v) is 2.84. The van der Waals surface area contributed by atoms with E-state index in [9.17, 15) is 0 Å². The number of hydrogen-bond donors (Lipinski definition) is 2. The molecular formula is C16H27N3O2. The van der Waals surface area contributed by atoms with Gasteiger partial charge >= 0.3 is 0 Å². The van der Waals surface area contributed by atoms with Gasteiger partial charge in [0.1, 0.15) is 12.4 Å². The summed E-state index contributed by atoms with van der Waals surface area (Å²) < 4.78 is 10.9. The van der Waals surface area contributed by atoms with Crippen LogP contribution in [0.25, 0.3) is 0 Å². The Labute approximate surface area is 127 Å². The normalized spacial score (nSPS) is 11.2. The third-order valence-electron chi connectivity index (χ3n) is 2.84. The monoisotopic (exact) mass is 293 g/mol. The molecule has 5 heteroatoms. The van der Waals surface area contributed by atoms with Gasteiger partial charge in [-0.1, -0.05) is 18.2 Å². The molecule has 0 aliphatic carbocycles. The fourth-order valence-corrected chi connectivity index (χ4v) is 1.76. The van der Waals surface area contributed by atoms with Gasteiger partial charge in [-0.15, -0.1) is 0 Å². The highest BCUT2D eigenvalue weighted by atomic mass is 16.5. The van der Waals surface area contributed by atoms with Crippen LogP contribution in [0.15, 0.2) is 35.3 Å². The summed E-state index contributed by atoms with van der Waals surface area (Å²) in [6.45, 7) is 5.85. The summed E-state index contributed by atoms with van der Waals surface area (Å²) in [6, 6.07) is 9.80. The van der Waals surface area contributed by atoms with Gasteiger partial charge in [0.05, 0.1) is 6.54 Å². The molecule has 5 nitrogen and oxygen atoms in total. The lowest BCUT2D eigenvalue weighted by Crippen LogP contribution is -2.39. The number of guanidine groups is 1. The number of benzene rings is 1. The number of para-hydroxylation sites is 1. The van der Waals surface area contributed by atoms with E-state index in [0.717, 1.165) is 44.3 Å². The molecule has 0 spiro atoms.